The third kappa shape index (κ3) is 6.07. The molecule has 1 amide bonds. The zero-order chi connectivity index (χ0) is 27.4. The lowest BCUT2D eigenvalue weighted by atomic mass is 9.68. The Balaban J connectivity index is 0.000000804. The van der Waals surface area contributed by atoms with Gasteiger partial charge in [-0.05, 0) is 56.8 Å². The molecular formula is C29H53ClN4O4. The van der Waals surface area contributed by atoms with Crippen LogP contribution < -0.4 is 10.7 Å². The fraction of sp³-hybridized carbons (Fsp3) is 0.966. The molecule has 38 heavy (non-hydrogen) atoms. The second kappa shape index (κ2) is 13.9. The van der Waals surface area contributed by atoms with Crippen LogP contribution in [0.3, 0.4) is 0 Å². The van der Waals surface area contributed by atoms with Gasteiger partial charge in [-0.1, -0.05) is 46.0 Å². The number of piperidine rings is 2. The number of amides is 1. The lowest BCUT2D eigenvalue weighted by Gasteiger charge is -2.49. The van der Waals surface area contributed by atoms with Gasteiger partial charge in [-0.3, -0.25) is 15.5 Å². The number of aliphatic hydroxyl groups is 3. The number of alkyl halides is 1. The molecule has 0 radical (unpaired) electrons. The number of hydrogen-bond acceptors (Lipinski definition) is 7. The summed E-state index contributed by atoms with van der Waals surface area (Å²) in [6.45, 7) is 5.32. The molecule has 5 N–H and O–H groups in total. The van der Waals surface area contributed by atoms with Crippen molar-refractivity contribution in [3.8, 4) is 0 Å². The Morgan fingerprint density at radius 1 is 0.816 bits per heavy atom. The van der Waals surface area contributed by atoms with Gasteiger partial charge in [-0.2, -0.15) is 0 Å². The average Bonchev–Trinajstić information content (AvgIpc) is 3.14. The second-order valence-corrected chi connectivity index (χ2v) is 12.6. The van der Waals surface area contributed by atoms with Gasteiger partial charge in [0.15, 0.2) is 0 Å². The first-order valence-corrected chi connectivity index (χ1v) is 16.0. The Morgan fingerprint density at radius 3 is 2.21 bits per heavy atom. The van der Waals surface area contributed by atoms with E-state index >= 15 is 0 Å². The Hall–Kier alpha value is -0.480. The van der Waals surface area contributed by atoms with Crippen molar-refractivity contribution in [3.63, 3.8) is 0 Å². The van der Waals surface area contributed by atoms with Crippen molar-refractivity contribution in [2.24, 2.45) is 23.7 Å². The molecule has 3 saturated carbocycles. The standard InChI is InChI=1S/C26H43ClN4O3.C2H6.CH4O/c27-25-23(33)13-17(14-28-25)26(34)30-11-10-21-24-18(6-1-2-7-20(24)30)29-31(21)19-9-8-16(12-22(19)32)15-4-3-5-15;2*1-2/h15-25,28-29,32-33H,1-14H2;1-2H3;2H,1H3. The second-order valence-electron chi connectivity index (χ2n) is 12.2. The summed E-state index contributed by atoms with van der Waals surface area (Å²) in [5.74, 6) is 2.00. The molecule has 0 aromatic rings. The molecule has 3 saturated heterocycles. The molecule has 3 aliphatic heterocycles. The van der Waals surface area contributed by atoms with Gasteiger partial charge < -0.3 is 20.2 Å². The van der Waals surface area contributed by atoms with Gasteiger partial charge in [-0.15, -0.1) is 11.6 Å². The number of nitrogens with one attached hydrogen (secondary N) is 2. The number of nitrogens with zero attached hydrogens (tertiary/aromatic N) is 2. The molecular weight excluding hydrogens is 504 g/mol. The monoisotopic (exact) mass is 556 g/mol. The first kappa shape index (κ1) is 30.5. The van der Waals surface area contributed by atoms with E-state index in [1.165, 1.54) is 38.5 Å². The van der Waals surface area contributed by atoms with Crippen LogP contribution in [-0.4, -0.2) is 93.2 Å². The summed E-state index contributed by atoms with van der Waals surface area (Å²) in [6.07, 6.45) is 12.5. The van der Waals surface area contributed by atoms with E-state index in [2.05, 4.69) is 20.7 Å². The summed E-state index contributed by atoms with van der Waals surface area (Å²) in [5, 5.41) is 34.0. The summed E-state index contributed by atoms with van der Waals surface area (Å²) >= 11 is 6.12. The largest absolute Gasteiger partial charge is 0.400 e. The van der Waals surface area contributed by atoms with Crippen molar-refractivity contribution >= 4 is 17.5 Å². The number of likely N-dealkylation sites (tertiary alicyclic amines) is 1. The van der Waals surface area contributed by atoms with E-state index in [-0.39, 0.29) is 30.0 Å². The number of halogens is 1. The highest BCUT2D eigenvalue weighted by molar-refractivity contribution is 6.20. The van der Waals surface area contributed by atoms with Crippen LogP contribution in [0.25, 0.3) is 0 Å². The summed E-state index contributed by atoms with van der Waals surface area (Å²) in [7, 11) is 1.00. The maximum atomic E-state index is 13.6. The molecule has 0 aromatic heterocycles. The molecule has 6 fully saturated rings. The molecule has 3 aliphatic carbocycles. The van der Waals surface area contributed by atoms with Crippen molar-refractivity contribution in [3.05, 3.63) is 0 Å². The number of hydrogen-bond donors (Lipinski definition) is 5. The predicted molar refractivity (Wildman–Crippen MR) is 150 cm³/mol. The molecule has 0 bridgehead atoms. The fourth-order valence-corrected chi connectivity index (χ4v) is 8.59. The molecule has 6 rings (SSSR count). The quantitative estimate of drug-likeness (QED) is 0.269. The average molecular weight is 557 g/mol. The van der Waals surface area contributed by atoms with Crippen LogP contribution in [0, 0.1) is 23.7 Å². The summed E-state index contributed by atoms with van der Waals surface area (Å²) < 4.78 is 0. The van der Waals surface area contributed by atoms with E-state index < -0.39 is 11.6 Å². The molecule has 10 unspecified atom stereocenters. The van der Waals surface area contributed by atoms with E-state index in [4.69, 9.17) is 16.7 Å². The van der Waals surface area contributed by atoms with Crippen LogP contribution in [0.15, 0.2) is 0 Å². The molecule has 0 spiro atoms. The first-order chi connectivity index (χ1) is 18.5. The highest BCUT2D eigenvalue weighted by Crippen LogP contribution is 2.46. The van der Waals surface area contributed by atoms with E-state index in [1.807, 2.05) is 13.8 Å². The van der Waals surface area contributed by atoms with Gasteiger partial charge in [0.1, 0.15) is 5.50 Å². The first-order valence-electron chi connectivity index (χ1n) is 15.5. The number of carbonyl (C=O) groups excluding carboxylic acids is 1. The zero-order valence-corrected chi connectivity index (χ0v) is 24.5. The molecule has 6 aliphatic rings. The minimum atomic E-state index is -0.677. The zero-order valence-electron chi connectivity index (χ0n) is 23.8. The van der Waals surface area contributed by atoms with E-state index in [0.29, 0.717) is 36.9 Å². The SMILES string of the molecule is CC.CO.O=C(C1CNC(Cl)C(O)C1)N1CCC2C3C(CCCCC31)NN2C1CCC(C2CCC2)CC1O. The molecule has 8 nitrogen and oxygen atoms in total. The lowest BCUT2D eigenvalue weighted by Crippen LogP contribution is -2.60. The minimum Gasteiger partial charge on any atom is -0.400 e. The van der Waals surface area contributed by atoms with Gasteiger partial charge in [0.2, 0.25) is 5.91 Å². The smallest absolute Gasteiger partial charge is 0.227 e. The van der Waals surface area contributed by atoms with Crippen molar-refractivity contribution in [2.45, 2.75) is 133 Å². The molecule has 10 atom stereocenters. The number of hydrazine groups is 1. The maximum absolute atomic E-state index is 13.6. The highest BCUT2D eigenvalue weighted by atomic mass is 35.5. The van der Waals surface area contributed by atoms with Crippen LogP contribution in [0.2, 0.25) is 0 Å². The van der Waals surface area contributed by atoms with Gasteiger partial charge in [0, 0.05) is 44.2 Å². The summed E-state index contributed by atoms with van der Waals surface area (Å²) in [6, 6.07) is 1.26. The minimum absolute atomic E-state index is 0.193. The van der Waals surface area contributed by atoms with Gasteiger partial charge in [-0.25, -0.2) is 5.01 Å². The Bertz CT molecular complexity index is 758. The van der Waals surface area contributed by atoms with E-state index in [0.717, 1.165) is 51.7 Å². The van der Waals surface area contributed by atoms with Gasteiger partial charge >= 0.3 is 0 Å². The topological polar surface area (TPSA) is 108 Å². The van der Waals surface area contributed by atoms with E-state index in [1.54, 1.807) is 0 Å². The van der Waals surface area contributed by atoms with Crippen LogP contribution >= 0.6 is 11.6 Å². The van der Waals surface area contributed by atoms with Crippen molar-refractivity contribution in [1.82, 2.24) is 20.7 Å². The molecule has 9 heteroatoms. The Morgan fingerprint density at radius 2 is 1.55 bits per heavy atom. The fourth-order valence-electron chi connectivity index (χ4n) is 8.40. The highest BCUT2D eigenvalue weighted by Gasteiger charge is 2.54. The van der Waals surface area contributed by atoms with Crippen LogP contribution in [0.5, 0.6) is 0 Å². The van der Waals surface area contributed by atoms with Gasteiger partial charge in [0.25, 0.3) is 0 Å². The van der Waals surface area contributed by atoms with Crippen LogP contribution in [-0.2, 0) is 4.79 Å². The van der Waals surface area contributed by atoms with Crippen LogP contribution in [0.4, 0.5) is 0 Å². The number of carbonyl (C=O) groups is 1. The predicted octanol–water partition coefficient (Wildman–Crippen LogP) is 2.83. The van der Waals surface area contributed by atoms with Crippen LogP contribution in [0.1, 0.15) is 90.9 Å². The van der Waals surface area contributed by atoms with Crippen molar-refractivity contribution in [2.75, 3.05) is 20.2 Å². The summed E-state index contributed by atoms with van der Waals surface area (Å²) in [4.78, 5) is 15.8. The lowest BCUT2D eigenvalue weighted by molar-refractivity contribution is -0.144. The Labute approximate surface area is 234 Å². The van der Waals surface area contributed by atoms with Crippen molar-refractivity contribution in [1.29, 1.82) is 0 Å². The van der Waals surface area contributed by atoms with E-state index in [9.17, 15) is 15.0 Å². The van der Waals surface area contributed by atoms with Gasteiger partial charge in [0.05, 0.1) is 24.2 Å². The Kier molecular flexibility index (Phi) is 11.2. The third-order valence-electron chi connectivity index (χ3n) is 10.4. The summed E-state index contributed by atoms with van der Waals surface area (Å²) in [5.41, 5.74) is 3.43. The number of aliphatic hydroxyl groups excluding tert-OH is 3. The molecule has 220 valence electrons. The maximum Gasteiger partial charge on any atom is 0.227 e. The third-order valence-corrected chi connectivity index (χ3v) is 10.9. The molecule has 3 heterocycles. The number of rotatable bonds is 3. The van der Waals surface area contributed by atoms with Crippen molar-refractivity contribution < 1.29 is 20.1 Å². The molecule has 0 aromatic carbocycles. The normalized spacial score (nSPS) is 43.4.